The number of fused-ring (bicyclic) bond motifs is 2. The summed E-state index contributed by atoms with van der Waals surface area (Å²) in [6.45, 7) is 6.86. The first-order chi connectivity index (χ1) is 19.3. The zero-order valence-corrected chi connectivity index (χ0v) is 23.7. The van der Waals surface area contributed by atoms with E-state index in [1.54, 1.807) is 16.2 Å². The molecule has 2 aromatic carbocycles. The number of carbonyl (C=O) groups is 2. The fourth-order valence-corrected chi connectivity index (χ4v) is 7.39. The van der Waals surface area contributed by atoms with Crippen LogP contribution in [0.3, 0.4) is 0 Å². The monoisotopic (exact) mass is 561 g/mol. The summed E-state index contributed by atoms with van der Waals surface area (Å²) in [5.41, 5.74) is 5.51. The van der Waals surface area contributed by atoms with Gasteiger partial charge in [-0.3, -0.25) is 9.59 Å². The molecule has 2 aliphatic heterocycles. The second-order valence-corrected chi connectivity index (χ2v) is 12.3. The number of aliphatic hydroxyl groups excluding tert-OH is 1. The van der Waals surface area contributed by atoms with Crippen molar-refractivity contribution < 1.29 is 24.5 Å². The lowest BCUT2D eigenvalue weighted by Gasteiger charge is -2.35. The van der Waals surface area contributed by atoms with Crippen LogP contribution in [0.25, 0.3) is 11.3 Å². The molecule has 2 bridgehead atoms. The summed E-state index contributed by atoms with van der Waals surface area (Å²) in [4.78, 5) is 33.5. The molecule has 3 aromatic rings. The largest absolute Gasteiger partial charge is 0.488 e. The van der Waals surface area contributed by atoms with E-state index >= 15 is 0 Å². The van der Waals surface area contributed by atoms with Gasteiger partial charge in [0.05, 0.1) is 17.7 Å². The Hall–Kier alpha value is -3.43. The lowest BCUT2D eigenvalue weighted by molar-refractivity contribution is -0.144. The molecule has 0 spiro atoms. The molecule has 1 amide bonds. The number of carboxylic acids is 1. The predicted molar refractivity (Wildman–Crippen MR) is 154 cm³/mol. The molecule has 1 aromatic heterocycles. The van der Waals surface area contributed by atoms with Crippen molar-refractivity contribution >= 4 is 28.3 Å². The second kappa shape index (κ2) is 10.9. The molecule has 0 radical (unpaired) electrons. The zero-order valence-electron chi connectivity index (χ0n) is 22.9. The topological polar surface area (TPSA) is 103 Å². The zero-order chi connectivity index (χ0) is 28.0. The van der Waals surface area contributed by atoms with Crippen molar-refractivity contribution in [1.29, 1.82) is 0 Å². The highest BCUT2D eigenvalue weighted by atomic mass is 32.1. The van der Waals surface area contributed by atoms with Crippen LogP contribution in [-0.2, 0) is 11.4 Å². The number of piperidine rings is 1. The maximum absolute atomic E-state index is 12.8. The molecule has 8 nitrogen and oxygen atoms in total. The molecule has 3 atom stereocenters. The normalized spacial score (nSPS) is 24.0. The summed E-state index contributed by atoms with van der Waals surface area (Å²) in [6.07, 6.45) is 2.14. The summed E-state index contributed by atoms with van der Waals surface area (Å²) in [5.74, 6) is 0.194. The number of amides is 1. The van der Waals surface area contributed by atoms with Gasteiger partial charge in [-0.05, 0) is 80.3 Å². The molecule has 1 aliphatic carbocycles. The summed E-state index contributed by atoms with van der Waals surface area (Å²) in [7, 11) is 0. The van der Waals surface area contributed by atoms with Gasteiger partial charge in [0.25, 0.3) is 5.91 Å². The van der Waals surface area contributed by atoms with Crippen LogP contribution in [0.15, 0.2) is 41.8 Å². The van der Waals surface area contributed by atoms with Crippen molar-refractivity contribution in [1.82, 2.24) is 9.88 Å². The number of benzene rings is 2. The van der Waals surface area contributed by atoms with Crippen molar-refractivity contribution in [3.63, 3.8) is 0 Å². The Bertz CT molecular complexity index is 1420. The van der Waals surface area contributed by atoms with E-state index in [-0.39, 0.29) is 23.7 Å². The Morgan fingerprint density at radius 1 is 1.05 bits per heavy atom. The fourth-order valence-electron chi connectivity index (χ4n) is 6.54. The maximum Gasteiger partial charge on any atom is 0.307 e. The van der Waals surface area contributed by atoms with Crippen LogP contribution in [0.2, 0.25) is 0 Å². The highest BCUT2D eigenvalue weighted by Crippen LogP contribution is 2.44. The number of β-amino-alcohol motifs (C(OH)–C–C–N with tert-alkyl or cyclic N) is 1. The van der Waals surface area contributed by atoms with Gasteiger partial charge >= 0.3 is 5.97 Å². The van der Waals surface area contributed by atoms with E-state index in [4.69, 9.17) is 9.72 Å². The van der Waals surface area contributed by atoms with Crippen molar-refractivity contribution in [3.05, 3.63) is 64.0 Å². The quantitative estimate of drug-likeness (QED) is 0.429. The molecular weight excluding hydrogens is 526 g/mol. The molecule has 1 saturated carbocycles. The number of aliphatic hydroxyl groups is 1. The number of likely N-dealkylation sites (tertiary alicyclic amines) is 1. The molecule has 40 heavy (non-hydrogen) atoms. The number of hydrogen-bond donors (Lipinski definition) is 2. The number of hydrogen-bond acceptors (Lipinski definition) is 7. The molecule has 3 aliphatic rings. The van der Waals surface area contributed by atoms with Gasteiger partial charge in [0, 0.05) is 42.7 Å². The smallest absolute Gasteiger partial charge is 0.307 e. The summed E-state index contributed by atoms with van der Waals surface area (Å²) in [6, 6.07) is 11.8. The molecule has 3 fully saturated rings. The Kier molecular flexibility index (Phi) is 7.27. The molecule has 2 unspecified atom stereocenters. The minimum atomic E-state index is -0.656. The second-order valence-electron chi connectivity index (χ2n) is 11.5. The average Bonchev–Trinajstić information content (AvgIpc) is 3.66. The number of aryl methyl sites for hydroxylation is 2. The number of thiazole rings is 1. The number of rotatable bonds is 7. The maximum atomic E-state index is 12.8. The van der Waals surface area contributed by atoms with Crippen LogP contribution in [0.5, 0.6) is 5.75 Å². The van der Waals surface area contributed by atoms with E-state index in [2.05, 4.69) is 16.3 Å². The van der Waals surface area contributed by atoms with E-state index in [0.717, 1.165) is 64.8 Å². The molecule has 2 N–H and O–H groups in total. The number of anilines is 1. The van der Waals surface area contributed by atoms with Gasteiger partial charge in [0.1, 0.15) is 12.4 Å². The van der Waals surface area contributed by atoms with Crippen LogP contribution in [0, 0.1) is 31.6 Å². The fraction of sp³-hybridized carbons (Fsp3) is 0.452. The number of nitrogens with zero attached hydrogens (tertiary/aromatic N) is 3. The van der Waals surface area contributed by atoms with Gasteiger partial charge in [-0.2, -0.15) is 0 Å². The molecule has 3 heterocycles. The first kappa shape index (κ1) is 26.8. The van der Waals surface area contributed by atoms with Gasteiger partial charge in [0.2, 0.25) is 0 Å². The number of aromatic nitrogens is 1. The highest BCUT2D eigenvalue weighted by molar-refractivity contribution is 7.14. The van der Waals surface area contributed by atoms with Crippen molar-refractivity contribution in [3.8, 4) is 17.0 Å². The Balaban J connectivity index is 1.16. The number of carbonyl (C=O) groups excluding carboxylic acids is 1. The predicted octanol–water partition coefficient (Wildman–Crippen LogP) is 4.76. The first-order valence-corrected chi connectivity index (χ1v) is 14.9. The lowest BCUT2D eigenvalue weighted by atomic mass is 9.85. The molecule has 2 saturated heterocycles. The van der Waals surface area contributed by atoms with Crippen LogP contribution < -0.4 is 9.64 Å². The van der Waals surface area contributed by atoms with E-state index in [1.807, 2.05) is 44.2 Å². The standard InChI is InChI=1S/C31H35N3O5S/c1-18-3-8-27(39-16-23-7-4-20(12-19(23)2)29(36)33-10-9-24(35)15-33)25(11-18)26-17-40-31(32-26)34-13-21-5-6-22(14-34)28(21)30(37)38/h3-4,7-8,11-12,17,21-22,24,28,35H,5-6,9-10,13-16H2,1-2H3,(H,37,38)/t21?,22?,24-,28?/m1/s1. The summed E-state index contributed by atoms with van der Waals surface area (Å²) >= 11 is 1.60. The van der Waals surface area contributed by atoms with Gasteiger partial charge in [0.15, 0.2) is 5.13 Å². The van der Waals surface area contributed by atoms with Crippen LogP contribution in [0.1, 0.15) is 46.3 Å². The van der Waals surface area contributed by atoms with Crippen molar-refractivity contribution in [2.75, 3.05) is 31.1 Å². The van der Waals surface area contributed by atoms with Crippen molar-refractivity contribution in [2.24, 2.45) is 17.8 Å². The Labute approximate surface area is 238 Å². The van der Waals surface area contributed by atoms with Crippen LogP contribution in [0.4, 0.5) is 5.13 Å². The summed E-state index contributed by atoms with van der Waals surface area (Å²) < 4.78 is 6.32. The SMILES string of the molecule is Cc1ccc(OCc2ccc(C(=O)N3CC[C@@H](O)C3)cc2C)c(-c2csc(N3CC4CCC(C3)C4C(=O)O)n2)c1. The van der Waals surface area contributed by atoms with E-state index < -0.39 is 12.1 Å². The van der Waals surface area contributed by atoms with Gasteiger partial charge in [-0.1, -0.05) is 17.7 Å². The average molecular weight is 562 g/mol. The summed E-state index contributed by atoms with van der Waals surface area (Å²) in [5, 5.41) is 22.4. The highest BCUT2D eigenvalue weighted by Gasteiger charge is 2.46. The third kappa shape index (κ3) is 5.20. The molecule has 6 rings (SSSR count). The Morgan fingerprint density at radius 2 is 1.82 bits per heavy atom. The van der Waals surface area contributed by atoms with Crippen LogP contribution in [-0.4, -0.2) is 64.3 Å². The molecule has 9 heteroatoms. The van der Waals surface area contributed by atoms with Crippen LogP contribution >= 0.6 is 11.3 Å². The number of ether oxygens (including phenoxy) is 1. The van der Waals surface area contributed by atoms with E-state index in [1.165, 1.54) is 0 Å². The van der Waals surface area contributed by atoms with Gasteiger partial charge in [-0.15, -0.1) is 11.3 Å². The number of aliphatic carboxylic acids is 1. The number of carboxylic acid groups (broad SMARTS) is 1. The van der Waals surface area contributed by atoms with E-state index in [9.17, 15) is 19.8 Å². The van der Waals surface area contributed by atoms with Gasteiger partial charge < -0.3 is 24.7 Å². The molecular formula is C31H35N3O5S. The van der Waals surface area contributed by atoms with Crippen molar-refractivity contribution in [2.45, 2.75) is 45.8 Å². The minimum absolute atomic E-state index is 0.0486. The van der Waals surface area contributed by atoms with Gasteiger partial charge in [-0.25, -0.2) is 4.98 Å². The molecule has 210 valence electrons. The third-order valence-electron chi connectivity index (χ3n) is 8.72. The first-order valence-electron chi connectivity index (χ1n) is 14.0. The Morgan fingerprint density at radius 3 is 2.50 bits per heavy atom. The minimum Gasteiger partial charge on any atom is -0.488 e. The lowest BCUT2D eigenvalue weighted by Crippen LogP contribution is -2.44. The third-order valence-corrected chi connectivity index (χ3v) is 9.62. The van der Waals surface area contributed by atoms with E-state index in [0.29, 0.717) is 31.7 Å².